The summed E-state index contributed by atoms with van der Waals surface area (Å²) in [7, 11) is 2.23. The second-order valence-electron chi connectivity index (χ2n) is 4.63. The van der Waals surface area contributed by atoms with Gasteiger partial charge in [0.05, 0.1) is 17.9 Å². The van der Waals surface area contributed by atoms with Crippen LogP contribution in [-0.4, -0.2) is 34.1 Å². The van der Waals surface area contributed by atoms with Crippen molar-refractivity contribution in [2.45, 2.75) is 44.1 Å². The summed E-state index contributed by atoms with van der Waals surface area (Å²) in [5.41, 5.74) is 1.11. The largest absolute Gasteiger partial charge is 0.332 e. The Hall–Kier alpha value is -0.540. The summed E-state index contributed by atoms with van der Waals surface area (Å²) in [6.45, 7) is 2.08. The molecule has 0 atom stereocenters. The third kappa shape index (κ3) is 2.77. The monoisotopic (exact) mass is 241 g/mol. The zero-order valence-corrected chi connectivity index (χ0v) is 10.7. The van der Waals surface area contributed by atoms with Gasteiger partial charge in [0.15, 0.2) is 0 Å². The van der Waals surface area contributed by atoms with Gasteiger partial charge in [-0.2, -0.15) is 0 Å². The van der Waals surface area contributed by atoms with Gasteiger partial charge in [-0.3, -0.25) is 0 Å². The minimum Gasteiger partial charge on any atom is -0.332 e. The van der Waals surface area contributed by atoms with Gasteiger partial charge in [0.2, 0.25) is 0 Å². The van der Waals surface area contributed by atoms with Gasteiger partial charge in [-0.15, -0.1) is 11.6 Å². The maximum Gasteiger partial charge on any atom is 0.0948 e. The summed E-state index contributed by atoms with van der Waals surface area (Å²) in [5, 5.41) is 0. The van der Waals surface area contributed by atoms with Crippen LogP contribution in [0.1, 0.15) is 31.4 Å². The predicted molar refractivity (Wildman–Crippen MR) is 66.7 cm³/mol. The fraction of sp³-hybridized carbons (Fsp3) is 0.750. The van der Waals surface area contributed by atoms with Crippen LogP contribution in [0.5, 0.6) is 0 Å². The van der Waals surface area contributed by atoms with E-state index in [9.17, 15) is 0 Å². The van der Waals surface area contributed by atoms with Crippen molar-refractivity contribution < 1.29 is 0 Å². The highest BCUT2D eigenvalue weighted by Crippen LogP contribution is 2.22. The number of hydrogen-bond donors (Lipinski definition) is 0. The van der Waals surface area contributed by atoms with Crippen molar-refractivity contribution >= 4 is 11.6 Å². The molecule has 1 aromatic rings. The van der Waals surface area contributed by atoms with Gasteiger partial charge in [0.25, 0.3) is 0 Å². The number of rotatable bonds is 5. The van der Waals surface area contributed by atoms with Gasteiger partial charge in [-0.25, -0.2) is 4.98 Å². The van der Waals surface area contributed by atoms with Gasteiger partial charge >= 0.3 is 0 Å². The lowest BCUT2D eigenvalue weighted by molar-refractivity contribution is 0.236. The van der Waals surface area contributed by atoms with Gasteiger partial charge in [0, 0.05) is 25.3 Å². The lowest BCUT2D eigenvalue weighted by atomic mass is 10.2. The number of alkyl halides is 1. The molecule has 1 saturated carbocycles. The number of imidazole rings is 1. The number of likely N-dealkylation sites (N-methyl/N-ethyl adjacent to an activating group) is 1. The molecule has 0 unspecified atom stereocenters. The van der Waals surface area contributed by atoms with Gasteiger partial charge in [0.1, 0.15) is 0 Å². The summed E-state index contributed by atoms with van der Waals surface area (Å²) in [6.07, 6.45) is 9.24. The average Bonchev–Trinajstić information content (AvgIpc) is 2.96. The summed E-state index contributed by atoms with van der Waals surface area (Å²) in [4.78, 5) is 6.61. The van der Waals surface area contributed by atoms with Crippen LogP contribution >= 0.6 is 11.6 Å². The van der Waals surface area contributed by atoms with E-state index in [0.717, 1.165) is 24.8 Å². The smallest absolute Gasteiger partial charge is 0.0948 e. The highest BCUT2D eigenvalue weighted by atomic mass is 35.5. The number of halogens is 1. The first-order chi connectivity index (χ1) is 7.81. The Kier molecular flexibility index (Phi) is 4.24. The Morgan fingerprint density at radius 1 is 1.50 bits per heavy atom. The molecular weight excluding hydrogens is 222 g/mol. The maximum atomic E-state index is 5.84. The summed E-state index contributed by atoms with van der Waals surface area (Å²) in [5.74, 6) is 0.549. The topological polar surface area (TPSA) is 21.1 Å². The molecule has 0 bridgehead atoms. The molecular formula is C12H20ClN3. The van der Waals surface area contributed by atoms with Crippen LogP contribution in [0.3, 0.4) is 0 Å². The normalized spacial score (nSPS) is 17.4. The van der Waals surface area contributed by atoms with E-state index in [0.29, 0.717) is 5.88 Å². The number of nitrogens with zero attached hydrogens (tertiary/aromatic N) is 3. The number of hydrogen-bond acceptors (Lipinski definition) is 2. The molecule has 1 fully saturated rings. The Bertz CT molecular complexity index is 318. The molecule has 2 rings (SSSR count). The van der Waals surface area contributed by atoms with Crippen molar-refractivity contribution in [1.29, 1.82) is 0 Å². The molecule has 0 spiro atoms. The van der Waals surface area contributed by atoms with Crippen LogP contribution in [0.4, 0.5) is 0 Å². The van der Waals surface area contributed by atoms with E-state index in [1.807, 2.05) is 12.5 Å². The second kappa shape index (κ2) is 5.69. The first-order valence-electron chi connectivity index (χ1n) is 6.06. The van der Waals surface area contributed by atoms with Crippen molar-refractivity contribution in [1.82, 2.24) is 14.5 Å². The molecule has 1 aromatic heterocycles. The van der Waals surface area contributed by atoms with E-state index < -0.39 is 0 Å². The molecule has 16 heavy (non-hydrogen) atoms. The van der Waals surface area contributed by atoms with E-state index in [-0.39, 0.29) is 0 Å². The van der Waals surface area contributed by atoms with Gasteiger partial charge in [-0.05, 0) is 19.9 Å². The summed E-state index contributed by atoms with van der Waals surface area (Å²) in [6, 6.07) is 0.794. The number of aromatic nitrogens is 2. The Balaban J connectivity index is 1.82. The maximum absolute atomic E-state index is 5.84. The van der Waals surface area contributed by atoms with E-state index in [1.54, 1.807) is 0 Å². The average molecular weight is 242 g/mol. The van der Waals surface area contributed by atoms with Crippen LogP contribution < -0.4 is 0 Å². The minimum atomic E-state index is 0.549. The van der Waals surface area contributed by atoms with Gasteiger partial charge in [-0.1, -0.05) is 12.8 Å². The fourth-order valence-corrected chi connectivity index (χ4v) is 2.68. The molecule has 90 valence electrons. The SMILES string of the molecule is CN(CCn1cncc1CCl)C1CCCC1. The standard InChI is InChI=1S/C12H20ClN3/c1-15(11-4-2-3-5-11)6-7-16-10-14-9-12(16)8-13/h9-11H,2-8H2,1H3. The van der Waals surface area contributed by atoms with Crippen LogP contribution in [-0.2, 0) is 12.4 Å². The van der Waals surface area contributed by atoms with Crippen molar-refractivity contribution in [2.75, 3.05) is 13.6 Å². The van der Waals surface area contributed by atoms with Crippen molar-refractivity contribution in [3.8, 4) is 0 Å². The van der Waals surface area contributed by atoms with Gasteiger partial charge < -0.3 is 9.47 Å². The molecule has 0 radical (unpaired) electrons. The van der Waals surface area contributed by atoms with Crippen molar-refractivity contribution in [3.63, 3.8) is 0 Å². The Morgan fingerprint density at radius 3 is 2.94 bits per heavy atom. The fourth-order valence-electron chi connectivity index (χ4n) is 2.45. The van der Waals surface area contributed by atoms with Crippen LogP contribution in [0.2, 0.25) is 0 Å². The quantitative estimate of drug-likeness (QED) is 0.739. The van der Waals surface area contributed by atoms with Crippen LogP contribution in [0.25, 0.3) is 0 Å². The van der Waals surface area contributed by atoms with E-state index in [2.05, 4.69) is 21.5 Å². The Labute approximate surface area is 102 Å². The minimum absolute atomic E-state index is 0.549. The van der Waals surface area contributed by atoms with E-state index >= 15 is 0 Å². The molecule has 0 saturated heterocycles. The molecule has 0 aromatic carbocycles. The van der Waals surface area contributed by atoms with Crippen LogP contribution in [0.15, 0.2) is 12.5 Å². The van der Waals surface area contributed by atoms with E-state index in [1.165, 1.54) is 25.7 Å². The summed E-state index contributed by atoms with van der Waals surface area (Å²) < 4.78 is 2.15. The first-order valence-corrected chi connectivity index (χ1v) is 6.60. The second-order valence-corrected chi connectivity index (χ2v) is 4.90. The lowest BCUT2D eigenvalue weighted by Gasteiger charge is -2.24. The molecule has 0 N–H and O–H groups in total. The third-order valence-corrected chi connectivity index (χ3v) is 3.85. The first kappa shape index (κ1) is 11.9. The molecule has 0 amide bonds. The molecule has 3 nitrogen and oxygen atoms in total. The summed E-state index contributed by atoms with van der Waals surface area (Å²) >= 11 is 5.84. The van der Waals surface area contributed by atoms with E-state index in [4.69, 9.17) is 11.6 Å². The van der Waals surface area contributed by atoms with Crippen molar-refractivity contribution in [3.05, 3.63) is 18.2 Å². The van der Waals surface area contributed by atoms with Crippen molar-refractivity contribution in [2.24, 2.45) is 0 Å². The lowest BCUT2D eigenvalue weighted by Crippen LogP contribution is -2.32. The molecule has 1 aliphatic carbocycles. The zero-order chi connectivity index (χ0) is 11.4. The molecule has 1 heterocycles. The Morgan fingerprint density at radius 2 is 2.25 bits per heavy atom. The molecule has 1 aliphatic rings. The predicted octanol–water partition coefficient (Wildman–Crippen LogP) is 2.50. The third-order valence-electron chi connectivity index (χ3n) is 3.58. The van der Waals surface area contributed by atoms with Crippen LogP contribution in [0, 0.1) is 0 Å². The highest BCUT2D eigenvalue weighted by molar-refractivity contribution is 6.16. The molecule has 4 heteroatoms. The zero-order valence-electron chi connectivity index (χ0n) is 9.90. The highest BCUT2D eigenvalue weighted by Gasteiger charge is 2.19. The molecule has 0 aliphatic heterocycles.